The number of ether oxygens (including phenoxy) is 1. The average Bonchev–Trinajstić information content (AvgIpc) is 3.07. The molecule has 1 aliphatic heterocycles. The molecule has 0 atom stereocenters. The predicted molar refractivity (Wildman–Crippen MR) is 104 cm³/mol. The van der Waals surface area contributed by atoms with E-state index >= 15 is 0 Å². The van der Waals surface area contributed by atoms with Crippen molar-refractivity contribution in [3.8, 4) is 5.75 Å². The van der Waals surface area contributed by atoms with E-state index in [1.807, 2.05) is 29.7 Å². The van der Waals surface area contributed by atoms with E-state index in [4.69, 9.17) is 4.74 Å². The molecule has 2 aromatic rings. The monoisotopic (exact) mass is 369 g/mol. The molecule has 6 nitrogen and oxygen atoms in total. The highest BCUT2D eigenvalue weighted by Crippen LogP contribution is 2.25. The third-order valence-electron chi connectivity index (χ3n) is 5.11. The third kappa shape index (κ3) is 4.32. The number of carbonyl (C=O) groups is 2. The zero-order chi connectivity index (χ0) is 19.4. The van der Waals surface area contributed by atoms with Crippen molar-refractivity contribution in [3.05, 3.63) is 52.8 Å². The van der Waals surface area contributed by atoms with Crippen LogP contribution in [0.5, 0.6) is 5.75 Å². The number of methoxy groups -OCH3 is 1. The molecule has 1 aliphatic rings. The Hall–Kier alpha value is -2.76. The second-order valence-corrected chi connectivity index (χ2v) is 7.07. The maximum Gasteiger partial charge on any atom is 0.255 e. The van der Waals surface area contributed by atoms with Crippen molar-refractivity contribution >= 4 is 11.8 Å². The molecule has 2 amide bonds. The van der Waals surface area contributed by atoms with E-state index in [1.54, 1.807) is 25.6 Å². The molecule has 0 saturated carbocycles. The Labute approximate surface area is 160 Å². The average molecular weight is 369 g/mol. The predicted octanol–water partition coefficient (Wildman–Crippen LogP) is 2.56. The van der Waals surface area contributed by atoms with Gasteiger partial charge in [-0.05, 0) is 43.5 Å². The van der Waals surface area contributed by atoms with E-state index in [1.165, 1.54) is 0 Å². The van der Waals surface area contributed by atoms with Crippen molar-refractivity contribution in [2.24, 2.45) is 0 Å². The van der Waals surface area contributed by atoms with Gasteiger partial charge in [0.25, 0.3) is 5.91 Å². The minimum Gasteiger partial charge on any atom is -0.496 e. The van der Waals surface area contributed by atoms with Crippen molar-refractivity contribution in [1.82, 2.24) is 14.8 Å². The van der Waals surface area contributed by atoms with Gasteiger partial charge in [-0.25, -0.2) is 0 Å². The Balaban J connectivity index is 1.66. The van der Waals surface area contributed by atoms with Crippen LogP contribution in [0.3, 0.4) is 0 Å². The Morgan fingerprint density at radius 2 is 1.85 bits per heavy atom. The highest BCUT2D eigenvalue weighted by molar-refractivity contribution is 5.94. The molecule has 1 aromatic heterocycles. The molecule has 144 valence electrons. The van der Waals surface area contributed by atoms with Crippen LogP contribution in [0.2, 0.25) is 0 Å². The minimum absolute atomic E-state index is 0.0154. The van der Waals surface area contributed by atoms with Crippen LogP contribution in [0.4, 0.5) is 0 Å². The highest BCUT2D eigenvalue weighted by atomic mass is 16.5. The number of nitrogens with one attached hydrogen (secondary N) is 1. The topological polar surface area (TPSA) is 65.6 Å². The van der Waals surface area contributed by atoms with Gasteiger partial charge < -0.3 is 19.5 Å². The van der Waals surface area contributed by atoms with Gasteiger partial charge in [-0.15, -0.1) is 0 Å². The summed E-state index contributed by atoms with van der Waals surface area (Å²) in [6, 6.07) is 5.82. The quantitative estimate of drug-likeness (QED) is 0.901. The molecule has 0 spiro atoms. The number of nitrogens with zero attached hydrogens (tertiary/aromatic N) is 2. The highest BCUT2D eigenvalue weighted by Gasteiger charge is 2.24. The molecule has 6 heteroatoms. The van der Waals surface area contributed by atoms with Crippen LogP contribution < -0.4 is 4.74 Å². The van der Waals surface area contributed by atoms with Crippen LogP contribution in [-0.4, -0.2) is 59.9 Å². The van der Waals surface area contributed by atoms with Gasteiger partial charge in [0.15, 0.2) is 0 Å². The smallest absolute Gasteiger partial charge is 0.255 e. The molecular formula is C21H27N3O3. The lowest BCUT2D eigenvalue weighted by Gasteiger charge is -2.23. The van der Waals surface area contributed by atoms with Crippen LogP contribution >= 0.6 is 0 Å². The van der Waals surface area contributed by atoms with Gasteiger partial charge in [-0.2, -0.15) is 0 Å². The maximum atomic E-state index is 12.9. The van der Waals surface area contributed by atoms with Crippen molar-refractivity contribution in [2.75, 3.05) is 33.3 Å². The van der Waals surface area contributed by atoms with Gasteiger partial charge in [0.05, 0.1) is 19.1 Å². The summed E-state index contributed by atoms with van der Waals surface area (Å²) < 4.78 is 5.48. The van der Waals surface area contributed by atoms with Gasteiger partial charge in [0.1, 0.15) is 5.75 Å². The number of rotatable bonds is 4. The number of hydrogen-bond acceptors (Lipinski definition) is 3. The molecule has 0 unspecified atom stereocenters. The lowest BCUT2D eigenvalue weighted by Crippen LogP contribution is -2.38. The van der Waals surface area contributed by atoms with Crippen LogP contribution in [0.15, 0.2) is 30.6 Å². The Bertz CT molecular complexity index is 814. The molecule has 0 bridgehead atoms. The number of aryl methyl sites for hydroxylation is 2. The second-order valence-electron chi connectivity index (χ2n) is 7.07. The minimum atomic E-state index is 0.0154. The summed E-state index contributed by atoms with van der Waals surface area (Å²) in [5, 5.41) is 0. The number of amides is 2. The molecule has 0 radical (unpaired) electrons. The van der Waals surface area contributed by atoms with Crippen LogP contribution in [0.25, 0.3) is 0 Å². The molecule has 3 rings (SSSR count). The van der Waals surface area contributed by atoms with E-state index < -0.39 is 0 Å². The summed E-state index contributed by atoms with van der Waals surface area (Å²) in [5.41, 5.74) is 3.79. The van der Waals surface area contributed by atoms with E-state index in [-0.39, 0.29) is 11.8 Å². The summed E-state index contributed by atoms with van der Waals surface area (Å²) in [4.78, 5) is 32.0. The number of H-pyrrole nitrogens is 1. The first-order chi connectivity index (χ1) is 13.0. The number of carbonyl (C=O) groups excluding carboxylic acids is 2. The van der Waals surface area contributed by atoms with E-state index in [0.717, 1.165) is 28.9 Å². The lowest BCUT2D eigenvalue weighted by molar-refractivity contribution is -0.130. The summed E-state index contributed by atoms with van der Waals surface area (Å²) in [5.74, 6) is 0.859. The molecule has 27 heavy (non-hydrogen) atoms. The summed E-state index contributed by atoms with van der Waals surface area (Å²) in [7, 11) is 1.64. The molecule has 0 aliphatic carbocycles. The molecule has 1 fully saturated rings. The molecule has 1 aromatic carbocycles. The van der Waals surface area contributed by atoms with E-state index in [9.17, 15) is 9.59 Å². The summed E-state index contributed by atoms with van der Waals surface area (Å²) in [6.07, 6.45) is 4.56. The number of hydrogen-bond donors (Lipinski definition) is 1. The zero-order valence-corrected chi connectivity index (χ0v) is 16.2. The largest absolute Gasteiger partial charge is 0.496 e. The van der Waals surface area contributed by atoms with Crippen molar-refractivity contribution in [2.45, 2.75) is 26.7 Å². The maximum absolute atomic E-state index is 12.9. The molecular weight excluding hydrogens is 342 g/mol. The van der Waals surface area contributed by atoms with Gasteiger partial charge in [0.2, 0.25) is 5.91 Å². The van der Waals surface area contributed by atoms with Gasteiger partial charge in [-0.1, -0.05) is 6.07 Å². The zero-order valence-electron chi connectivity index (χ0n) is 16.2. The molecule has 2 heterocycles. The first-order valence-corrected chi connectivity index (χ1v) is 9.33. The number of aromatic nitrogens is 1. The summed E-state index contributed by atoms with van der Waals surface area (Å²) >= 11 is 0. The first kappa shape index (κ1) is 19.0. The van der Waals surface area contributed by atoms with Crippen LogP contribution in [-0.2, 0) is 11.2 Å². The fraction of sp³-hybridized carbons (Fsp3) is 0.429. The van der Waals surface area contributed by atoms with Crippen LogP contribution in [0.1, 0.15) is 33.5 Å². The third-order valence-corrected chi connectivity index (χ3v) is 5.11. The van der Waals surface area contributed by atoms with Crippen molar-refractivity contribution < 1.29 is 14.3 Å². The standard InChI is InChI=1S/C21H27N3O3/c1-15-11-16(2)18(19(12-15)27-3)13-20(25)23-7-4-8-24(10-9-23)21(26)17-5-6-22-14-17/h5-6,11-12,14,22H,4,7-10,13H2,1-3H3. The normalized spacial score (nSPS) is 14.8. The fourth-order valence-corrected chi connectivity index (χ4v) is 3.64. The van der Waals surface area contributed by atoms with Crippen molar-refractivity contribution in [3.63, 3.8) is 0 Å². The Morgan fingerprint density at radius 3 is 2.56 bits per heavy atom. The second kappa shape index (κ2) is 8.29. The molecule has 1 N–H and O–H groups in total. The van der Waals surface area contributed by atoms with E-state index in [2.05, 4.69) is 11.1 Å². The van der Waals surface area contributed by atoms with E-state index in [0.29, 0.717) is 38.2 Å². The van der Waals surface area contributed by atoms with Crippen LogP contribution in [0, 0.1) is 13.8 Å². The number of aromatic amines is 1. The first-order valence-electron chi connectivity index (χ1n) is 9.33. The number of benzene rings is 1. The fourth-order valence-electron chi connectivity index (χ4n) is 3.64. The SMILES string of the molecule is COc1cc(C)cc(C)c1CC(=O)N1CCCN(C(=O)c2cc[nH]c2)CC1. The summed E-state index contributed by atoms with van der Waals surface area (Å²) in [6.45, 7) is 6.48. The van der Waals surface area contributed by atoms with Crippen molar-refractivity contribution in [1.29, 1.82) is 0 Å². The lowest BCUT2D eigenvalue weighted by atomic mass is 10.0. The van der Waals surface area contributed by atoms with Gasteiger partial charge >= 0.3 is 0 Å². The van der Waals surface area contributed by atoms with Gasteiger partial charge in [0, 0.05) is 44.1 Å². The Kier molecular flexibility index (Phi) is 5.84. The van der Waals surface area contributed by atoms with Gasteiger partial charge in [-0.3, -0.25) is 9.59 Å². The Morgan fingerprint density at radius 1 is 1.11 bits per heavy atom. The molecule has 1 saturated heterocycles.